The normalized spacial score (nSPS) is 14.7. The van der Waals surface area contributed by atoms with Gasteiger partial charge in [0.05, 0.1) is 11.1 Å². The van der Waals surface area contributed by atoms with Crippen LogP contribution in [0.3, 0.4) is 0 Å². The predicted molar refractivity (Wildman–Crippen MR) is 83.5 cm³/mol. The largest absolute Gasteiger partial charge is 0.480 e. The third-order valence-corrected chi connectivity index (χ3v) is 4.02. The van der Waals surface area contributed by atoms with Gasteiger partial charge in [-0.2, -0.15) is 0 Å². The standard InChI is InChI=1S/C17H12ClNO4/c18-11-7-5-10(6-8-11)9-14(17(22)23)19-15(20)12-3-1-2-4-13(12)16(19)21/h1-8,14H,9H2,(H,22,23)/t14-/m0/s1. The van der Waals surface area contributed by atoms with Crippen molar-refractivity contribution in [3.8, 4) is 0 Å². The van der Waals surface area contributed by atoms with Crippen LogP contribution >= 0.6 is 11.6 Å². The maximum Gasteiger partial charge on any atom is 0.327 e. The highest BCUT2D eigenvalue weighted by Gasteiger charge is 2.42. The summed E-state index contributed by atoms with van der Waals surface area (Å²) in [6.07, 6.45) is 0.0258. The van der Waals surface area contributed by atoms with Crippen molar-refractivity contribution in [3.05, 3.63) is 70.2 Å². The monoisotopic (exact) mass is 329 g/mol. The second-order valence-electron chi connectivity index (χ2n) is 5.21. The Labute approximate surface area is 137 Å². The lowest BCUT2D eigenvalue weighted by Crippen LogP contribution is -2.46. The van der Waals surface area contributed by atoms with E-state index < -0.39 is 23.8 Å². The van der Waals surface area contributed by atoms with E-state index in [0.29, 0.717) is 10.6 Å². The van der Waals surface area contributed by atoms with Crippen LogP contribution in [-0.2, 0) is 11.2 Å². The molecule has 0 spiro atoms. The number of rotatable bonds is 4. The zero-order valence-electron chi connectivity index (χ0n) is 11.9. The van der Waals surface area contributed by atoms with Crippen molar-refractivity contribution in [2.24, 2.45) is 0 Å². The fourth-order valence-corrected chi connectivity index (χ4v) is 2.75. The Balaban J connectivity index is 1.94. The fraction of sp³-hybridized carbons (Fsp3) is 0.118. The Morgan fingerprint density at radius 2 is 1.52 bits per heavy atom. The zero-order valence-corrected chi connectivity index (χ0v) is 12.7. The molecule has 0 saturated carbocycles. The first kappa shape index (κ1) is 15.2. The molecule has 1 aliphatic rings. The highest BCUT2D eigenvalue weighted by Crippen LogP contribution is 2.26. The highest BCUT2D eigenvalue weighted by molar-refractivity contribution is 6.30. The molecule has 116 valence electrons. The third-order valence-electron chi connectivity index (χ3n) is 3.76. The molecule has 0 bridgehead atoms. The summed E-state index contributed by atoms with van der Waals surface area (Å²) >= 11 is 5.81. The minimum absolute atomic E-state index is 0.0258. The van der Waals surface area contributed by atoms with Crippen LogP contribution < -0.4 is 0 Å². The first-order valence-corrected chi connectivity index (χ1v) is 7.31. The van der Waals surface area contributed by atoms with Crippen molar-refractivity contribution in [3.63, 3.8) is 0 Å². The maximum atomic E-state index is 12.4. The Morgan fingerprint density at radius 1 is 1.00 bits per heavy atom. The average Bonchev–Trinajstić information content (AvgIpc) is 2.79. The van der Waals surface area contributed by atoms with Crippen LogP contribution in [0.25, 0.3) is 0 Å². The molecule has 3 rings (SSSR count). The Hall–Kier alpha value is -2.66. The average molecular weight is 330 g/mol. The molecule has 1 aliphatic heterocycles. The predicted octanol–water partition coefficient (Wildman–Crippen LogP) is 2.63. The van der Waals surface area contributed by atoms with E-state index in [1.807, 2.05) is 0 Å². The number of amides is 2. The van der Waals surface area contributed by atoms with Crippen LogP contribution in [0.15, 0.2) is 48.5 Å². The molecule has 23 heavy (non-hydrogen) atoms. The smallest absolute Gasteiger partial charge is 0.327 e. The van der Waals surface area contributed by atoms with Gasteiger partial charge in [-0.25, -0.2) is 4.79 Å². The number of carboxylic acid groups (broad SMARTS) is 1. The SMILES string of the molecule is O=C(O)[C@H](Cc1ccc(Cl)cc1)N1C(=O)c2ccccc2C1=O. The number of benzene rings is 2. The molecule has 1 heterocycles. The van der Waals surface area contributed by atoms with E-state index in [1.165, 1.54) is 12.1 Å². The number of aliphatic carboxylic acids is 1. The first-order chi connectivity index (χ1) is 11.0. The quantitative estimate of drug-likeness (QED) is 0.875. The fourth-order valence-electron chi connectivity index (χ4n) is 2.62. The van der Waals surface area contributed by atoms with Crippen LogP contribution in [0, 0.1) is 0 Å². The molecule has 1 atom stereocenters. The molecule has 6 heteroatoms. The Kier molecular flexibility index (Phi) is 3.88. The van der Waals surface area contributed by atoms with Crippen LogP contribution in [-0.4, -0.2) is 33.8 Å². The van der Waals surface area contributed by atoms with Gasteiger partial charge in [-0.1, -0.05) is 35.9 Å². The number of imide groups is 1. The third kappa shape index (κ3) is 2.71. The van der Waals surface area contributed by atoms with Gasteiger partial charge in [0.25, 0.3) is 11.8 Å². The number of carboxylic acids is 1. The number of hydrogen-bond acceptors (Lipinski definition) is 3. The molecule has 2 aromatic rings. The molecule has 0 aromatic heterocycles. The number of halogens is 1. The topological polar surface area (TPSA) is 74.7 Å². The summed E-state index contributed by atoms with van der Waals surface area (Å²) in [6.45, 7) is 0. The molecular formula is C17H12ClNO4. The number of hydrogen-bond donors (Lipinski definition) is 1. The van der Waals surface area contributed by atoms with Crippen LogP contribution in [0.5, 0.6) is 0 Å². The van der Waals surface area contributed by atoms with Gasteiger partial charge in [0.2, 0.25) is 0 Å². The zero-order chi connectivity index (χ0) is 16.6. The van der Waals surface area contributed by atoms with Crippen molar-refractivity contribution in [2.45, 2.75) is 12.5 Å². The number of nitrogens with zero attached hydrogens (tertiary/aromatic N) is 1. The van der Waals surface area contributed by atoms with Gasteiger partial charge in [-0.3, -0.25) is 14.5 Å². The first-order valence-electron chi connectivity index (χ1n) is 6.93. The second-order valence-corrected chi connectivity index (χ2v) is 5.65. The molecule has 0 saturated heterocycles. The van der Waals surface area contributed by atoms with Crippen molar-refractivity contribution in [1.29, 1.82) is 0 Å². The van der Waals surface area contributed by atoms with Crippen molar-refractivity contribution >= 4 is 29.4 Å². The van der Waals surface area contributed by atoms with Gasteiger partial charge in [-0.05, 0) is 29.8 Å². The molecule has 1 N–H and O–H groups in total. The van der Waals surface area contributed by atoms with Gasteiger partial charge in [0.1, 0.15) is 6.04 Å². The molecule has 0 aliphatic carbocycles. The van der Waals surface area contributed by atoms with Crippen molar-refractivity contribution < 1.29 is 19.5 Å². The summed E-state index contributed by atoms with van der Waals surface area (Å²) in [5.74, 6) is -2.38. The summed E-state index contributed by atoms with van der Waals surface area (Å²) < 4.78 is 0. The van der Waals surface area contributed by atoms with Crippen molar-refractivity contribution in [2.75, 3.05) is 0 Å². The highest BCUT2D eigenvalue weighted by atomic mass is 35.5. The van der Waals surface area contributed by atoms with E-state index in [4.69, 9.17) is 11.6 Å². The summed E-state index contributed by atoms with van der Waals surface area (Å²) in [5.41, 5.74) is 1.15. The Morgan fingerprint density at radius 3 is 2.00 bits per heavy atom. The van der Waals surface area contributed by atoms with E-state index >= 15 is 0 Å². The molecule has 2 aromatic carbocycles. The summed E-state index contributed by atoms with van der Waals surface area (Å²) in [4.78, 5) is 37.3. The van der Waals surface area contributed by atoms with E-state index in [-0.39, 0.29) is 17.5 Å². The number of carbonyl (C=O) groups excluding carboxylic acids is 2. The van der Waals surface area contributed by atoms with Crippen molar-refractivity contribution in [1.82, 2.24) is 4.90 Å². The summed E-state index contributed by atoms with van der Waals surface area (Å²) in [7, 11) is 0. The molecule has 0 fully saturated rings. The Bertz CT molecular complexity index is 765. The molecule has 5 nitrogen and oxygen atoms in total. The lowest BCUT2D eigenvalue weighted by molar-refractivity contribution is -0.141. The molecular weight excluding hydrogens is 318 g/mol. The molecule has 2 amide bonds. The van der Waals surface area contributed by atoms with E-state index in [1.54, 1.807) is 36.4 Å². The van der Waals surface area contributed by atoms with Crippen LogP contribution in [0.1, 0.15) is 26.3 Å². The number of fused-ring (bicyclic) bond motifs is 1. The molecule has 0 unspecified atom stereocenters. The second kappa shape index (κ2) is 5.85. The summed E-state index contributed by atoms with van der Waals surface area (Å²) in [6, 6.07) is 11.7. The van der Waals surface area contributed by atoms with E-state index in [2.05, 4.69) is 0 Å². The maximum absolute atomic E-state index is 12.4. The van der Waals surface area contributed by atoms with Gasteiger partial charge < -0.3 is 5.11 Å². The lowest BCUT2D eigenvalue weighted by atomic mass is 10.0. The minimum atomic E-state index is -1.26. The van der Waals surface area contributed by atoms with E-state index in [9.17, 15) is 19.5 Å². The van der Waals surface area contributed by atoms with Gasteiger partial charge in [0, 0.05) is 11.4 Å². The molecule has 0 radical (unpaired) electrons. The minimum Gasteiger partial charge on any atom is -0.480 e. The van der Waals surface area contributed by atoms with E-state index in [0.717, 1.165) is 4.90 Å². The van der Waals surface area contributed by atoms with Gasteiger partial charge in [0.15, 0.2) is 0 Å². The van der Waals surface area contributed by atoms with Gasteiger partial charge >= 0.3 is 5.97 Å². The number of carbonyl (C=O) groups is 3. The van der Waals surface area contributed by atoms with Gasteiger partial charge in [-0.15, -0.1) is 0 Å². The van der Waals surface area contributed by atoms with Crippen LogP contribution in [0.2, 0.25) is 5.02 Å². The van der Waals surface area contributed by atoms with Crippen LogP contribution in [0.4, 0.5) is 0 Å². The lowest BCUT2D eigenvalue weighted by Gasteiger charge is -2.22. The summed E-state index contributed by atoms with van der Waals surface area (Å²) in [5, 5.41) is 10.0.